The molecule has 0 spiro atoms. The first-order valence-corrected chi connectivity index (χ1v) is 9.47. The Kier molecular flexibility index (Phi) is 3.75. The molecule has 134 valence electrons. The lowest BCUT2D eigenvalue weighted by Gasteiger charge is -2.21. The number of carbonyl (C=O) groups is 1. The number of Topliss-reactive ketones (excluding diaryl/α,β-unsaturated/α-hetero) is 1. The van der Waals surface area contributed by atoms with Crippen molar-refractivity contribution in [3.05, 3.63) is 59.0 Å². The SMILES string of the molecule is [C-]#[N+]c1ccc2c(c1)C(c1ncnc3nn(C4CCCCC4)cc13)C(=O)C2. The standard InChI is InChI=1S/C21H19N5O/c1-22-14-8-7-13-9-18(27)19(16(13)10-14)20-17-11-26(15-5-3-2-4-6-15)25-21(17)24-12-23-20/h7-8,10-12,15,19H,2-6,9H2. The van der Waals surface area contributed by atoms with Gasteiger partial charge < -0.3 is 0 Å². The summed E-state index contributed by atoms with van der Waals surface area (Å²) in [5.41, 5.74) is 3.81. The minimum absolute atomic E-state index is 0.123. The van der Waals surface area contributed by atoms with Gasteiger partial charge in [-0.2, -0.15) is 5.10 Å². The van der Waals surface area contributed by atoms with Crippen LogP contribution >= 0.6 is 0 Å². The van der Waals surface area contributed by atoms with E-state index in [1.165, 1.54) is 25.6 Å². The summed E-state index contributed by atoms with van der Waals surface area (Å²) in [6.07, 6.45) is 9.93. The number of ketones is 1. The van der Waals surface area contributed by atoms with E-state index in [1.54, 1.807) is 6.07 Å². The molecule has 0 saturated heterocycles. The quantitative estimate of drug-likeness (QED) is 0.647. The van der Waals surface area contributed by atoms with E-state index in [2.05, 4.69) is 19.9 Å². The van der Waals surface area contributed by atoms with Gasteiger partial charge in [-0.15, -0.1) is 0 Å². The second kappa shape index (κ2) is 6.27. The van der Waals surface area contributed by atoms with Crippen LogP contribution in [0.5, 0.6) is 0 Å². The summed E-state index contributed by atoms with van der Waals surface area (Å²) in [6.45, 7) is 7.28. The highest BCUT2D eigenvalue weighted by Crippen LogP contribution is 2.39. The normalized spacial score (nSPS) is 20.0. The molecular weight excluding hydrogens is 338 g/mol. The molecule has 5 rings (SSSR count). The van der Waals surface area contributed by atoms with Gasteiger partial charge in [-0.05, 0) is 24.0 Å². The van der Waals surface area contributed by atoms with E-state index in [-0.39, 0.29) is 5.78 Å². The van der Waals surface area contributed by atoms with Crippen molar-refractivity contribution in [2.24, 2.45) is 0 Å². The summed E-state index contributed by atoms with van der Waals surface area (Å²) in [6, 6.07) is 5.90. The summed E-state index contributed by atoms with van der Waals surface area (Å²) in [4.78, 5) is 25.2. The Morgan fingerprint density at radius 1 is 1.15 bits per heavy atom. The summed E-state index contributed by atoms with van der Waals surface area (Å²) in [5.74, 6) is -0.311. The smallest absolute Gasteiger partial charge is 0.187 e. The highest BCUT2D eigenvalue weighted by molar-refractivity contribution is 5.98. The number of benzene rings is 1. The number of fused-ring (bicyclic) bond motifs is 2. The summed E-state index contributed by atoms with van der Waals surface area (Å²) in [7, 11) is 0. The fourth-order valence-corrected chi connectivity index (χ4v) is 4.48. The van der Waals surface area contributed by atoms with Crippen LogP contribution < -0.4 is 0 Å². The topological polar surface area (TPSA) is 65.0 Å². The van der Waals surface area contributed by atoms with Crippen LogP contribution in [0.25, 0.3) is 15.9 Å². The maximum absolute atomic E-state index is 12.8. The van der Waals surface area contributed by atoms with E-state index in [4.69, 9.17) is 6.57 Å². The lowest BCUT2D eigenvalue weighted by atomic mass is 9.94. The Labute approximate surface area is 157 Å². The van der Waals surface area contributed by atoms with E-state index in [1.807, 2.05) is 23.0 Å². The van der Waals surface area contributed by atoms with E-state index in [9.17, 15) is 4.79 Å². The first kappa shape index (κ1) is 16.1. The predicted molar refractivity (Wildman–Crippen MR) is 101 cm³/mol. The van der Waals surface area contributed by atoms with Crippen molar-refractivity contribution in [3.8, 4) is 0 Å². The van der Waals surface area contributed by atoms with Crippen molar-refractivity contribution in [1.82, 2.24) is 19.7 Å². The molecule has 1 unspecified atom stereocenters. The van der Waals surface area contributed by atoms with Gasteiger partial charge in [0.15, 0.2) is 17.1 Å². The maximum Gasteiger partial charge on any atom is 0.187 e. The van der Waals surface area contributed by atoms with Crippen LogP contribution in [0, 0.1) is 6.57 Å². The van der Waals surface area contributed by atoms with Crippen LogP contribution in [-0.4, -0.2) is 25.5 Å². The molecule has 1 aromatic carbocycles. The molecule has 1 saturated carbocycles. The molecule has 6 heteroatoms. The molecule has 0 aliphatic heterocycles. The van der Waals surface area contributed by atoms with Crippen LogP contribution in [0.4, 0.5) is 5.69 Å². The molecule has 6 nitrogen and oxygen atoms in total. The van der Waals surface area contributed by atoms with E-state index >= 15 is 0 Å². The third kappa shape index (κ3) is 2.62. The van der Waals surface area contributed by atoms with Crippen molar-refractivity contribution >= 4 is 22.5 Å². The third-order valence-electron chi connectivity index (χ3n) is 5.84. The monoisotopic (exact) mass is 357 g/mol. The van der Waals surface area contributed by atoms with Crippen molar-refractivity contribution in [2.45, 2.75) is 50.5 Å². The van der Waals surface area contributed by atoms with Crippen LogP contribution in [0.15, 0.2) is 30.7 Å². The lowest BCUT2D eigenvalue weighted by molar-refractivity contribution is -0.118. The zero-order chi connectivity index (χ0) is 18.4. The van der Waals surface area contributed by atoms with Gasteiger partial charge in [0.05, 0.1) is 29.6 Å². The van der Waals surface area contributed by atoms with Gasteiger partial charge in [-0.3, -0.25) is 9.48 Å². The largest absolute Gasteiger partial charge is 0.298 e. The molecule has 0 N–H and O–H groups in total. The minimum atomic E-state index is -0.434. The molecular formula is C21H19N5O. The van der Waals surface area contributed by atoms with Crippen LogP contribution in [0.1, 0.15) is 60.9 Å². The van der Waals surface area contributed by atoms with Gasteiger partial charge >= 0.3 is 0 Å². The van der Waals surface area contributed by atoms with Crippen molar-refractivity contribution in [1.29, 1.82) is 0 Å². The third-order valence-corrected chi connectivity index (χ3v) is 5.84. The van der Waals surface area contributed by atoms with Gasteiger partial charge in [-0.25, -0.2) is 14.8 Å². The fraction of sp³-hybridized carbons (Fsp3) is 0.381. The van der Waals surface area contributed by atoms with E-state index in [0.717, 1.165) is 29.4 Å². The first-order chi connectivity index (χ1) is 13.2. The Bertz CT molecular complexity index is 1090. The summed E-state index contributed by atoms with van der Waals surface area (Å²) < 4.78 is 2.03. The Balaban J connectivity index is 1.62. The summed E-state index contributed by atoms with van der Waals surface area (Å²) >= 11 is 0. The van der Waals surface area contributed by atoms with E-state index in [0.29, 0.717) is 29.5 Å². The number of hydrogen-bond acceptors (Lipinski definition) is 4. The Morgan fingerprint density at radius 3 is 2.81 bits per heavy atom. The number of carbonyl (C=O) groups excluding carboxylic acids is 1. The molecule has 27 heavy (non-hydrogen) atoms. The molecule has 1 atom stereocenters. The van der Waals surface area contributed by atoms with E-state index < -0.39 is 5.92 Å². The van der Waals surface area contributed by atoms with Gasteiger partial charge in [0.1, 0.15) is 6.33 Å². The highest BCUT2D eigenvalue weighted by atomic mass is 16.1. The fourth-order valence-electron chi connectivity index (χ4n) is 4.48. The predicted octanol–water partition coefficient (Wildman–Crippen LogP) is 4.14. The summed E-state index contributed by atoms with van der Waals surface area (Å²) in [5, 5.41) is 5.54. The molecule has 2 aromatic heterocycles. The van der Waals surface area contributed by atoms with Crippen molar-refractivity contribution in [2.75, 3.05) is 0 Å². The molecule has 2 aliphatic carbocycles. The van der Waals surface area contributed by atoms with Crippen LogP contribution in [-0.2, 0) is 11.2 Å². The molecule has 0 bridgehead atoms. The Morgan fingerprint density at radius 2 is 2.00 bits per heavy atom. The first-order valence-electron chi connectivity index (χ1n) is 9.47. The van der Waals surface area contributed by atoms with Crippen molar-refractivity contribution < 1.29 is 4.79 Å². The molecule has 3 aromatic rings. The average molecular weight is 357 g/mol. The molecule has 2 heterocycles. The zero-order valence-corrected chi connectivity index (χ0v) is 14.9. The van der Waals surface area contributed by atoms with Crippen molar-refractivity contribution in [3.63, 3.8) is 0 Å². The van der Waals surface area contributed by atoms with Gasteiger partial charge in [-0.1, -0.05) is 37.5 Å². The second-order valence-electron chi connectivity index (χ2n) is 7.47. The Hall–Kier alpha value is -3.07. The zero-order valence-electron chi connectivity index (χ0n) is 14.9. The maximum atomic E-state index is 12.8. The van der Waals surface area contributed by atoms with Crippen LogP contribution in [0.2, 0.25) is 0 Å². The second-order valence-corrected chi connectivity index (χ2v) is 7.47. The van der Waals surface area contributed by atoms with Gasteiger partial charge in [0, 0.05) is 12.6 Å². The van der Waals surface area contributed by atoms with Crippen LogP contribution in [0.3, 0.4) is 0 Å². The number of rotatable bonds is 2. The molecule has 1 fully saturated rings. The molecule has 0 radical (unpaired) electrons. The van der Waals surface area contributed by atoms with Gasteiger partial charge in [0.2, 0.25) is 0 Å². The lowest BCUT2D eigenvalue weighted by Crippen LogP contribution is -2.13. The molecule has 0 amide bonds. The number of aromatic nitrogens is 4. The molecule has 2 aliphatic rings. The number of hydrogen-bond donors (Lipinski definition) is 0. The highest BCUT2D eigenvalue weighted by Gasteiger charge is 2.35. The number of nitrogens with zero attached hydrogens (tertiary/aromatic N) is 5. The average Bonchev–Trinajstić information content (AvgIpc) is 3.28. The van der Waals surface area contributed by atoms with Gasteiger partial charge in [0.25, 0.3) is 0 Å². The minimum Gasteiger partial charge on any atom is -0.298 e.